The van der Waals surface area contributed by atoms with E-state index in [2.05, 4.69) is 33.4 Å². The third kappa shape index (κ3) is 6.88. The lowest BCUT2D eigenvalue weighted by Crippen LogP contribution is -2.50. The van der Waals surface area contributed by atoms with Gasteiger partial charge in [0.1, 0.15) is 6.04 Å². The van der Waals surface area contributed by atoms with Crippen molar-refractivity contribution in [2.75, 3.05) is 5.75 Å². The number of rotatable bonds is 9. The first-order valence-corrected chi connectivity index (χ1v) is 12.4. The molecule has 0 saturated heterocycles. The van der Waals surface area contributed by atoms with Crippen LogP contribution in [-0.2, 0) is 21.9 Å². The number of nitrogens with one attached hydrogen (secondary N) is 1. The topological polar surface area (TPSA) is 49.4 Å². The van der Waals surface area contributed by atoms with Crippen molar-refractivity contribution in [3.05, 3.63) is 70.2 Å². The smallest absolute Gasteiger partial charge is 0.242 e. The second kappa shape index (κ2) is 11.6. The van der Waals surface area contributed by atoms with Crippen LogP contribution in [0.2, 0.25) is 0 Å². The number of nitrogens with zero attached hydrogens (tertiary/aromatic N) is 1. The van der Waals surface area contributed by atoms with Gasteiger partial charge in [-0.05, 0) is 43.0 Å². The lowest BCUT2D eigenvalue weighted by atomic mass is 10.1. The number of carbonyl (C=O) groups is 2. The van der Waals surface area contributed by atoms with Gasteiger partial charge in [0, 0.05) is 22.8 Å². The van der Waals surface area contributed by atoms with Crippen molar-refractivity contribution in [3.63, 3.8) is 0 Å². The first kappa shape index (κ1) is 22.9. The van der Waals surface area contributed by atoms with Gasteiger partial charge in [-0.15, -0.1) is 11.8 Å². The Bertz CT molecular complexity index is 823. The molecule has 0 radical (unpaired) electrons. The van der Waals surface area contributed by atoms with E-state index in [1.807, 2.05) is 49.4 Å². The molecule has 1 aliphatic rings. The first-order chi connectivity index (χ1) is 14.5. The molecule has 0 heterocycles. The van der Waals surface area contributed by atoms with Gasteiger partial charge < -0.3 is 10.2 Å². The van der Waals surface area contributed by atoms with E-state index < -0.39 is 6.04 Å². The molecule has 0 aromatic heterocycles. The Morgan fingerprint density at radius 2 is 1.73 bits per heavy atom. The molecule has 2 amide bonds. The van der Waals surface area contributed by atoms with Crippen molar-refractivity contribution in [2.45, 2.75) is 57.0 Å². The minimum Gasteiger partial charge on any atom is -0.352 e. The number of halogens is 1. The Balaban J connectivity index is 1.64. The van der Waals surface area contributed by atoms with Crippen LogP contribution in [0.1, 0.15) is 43.7 Å². The van der Waals surface area contributed by atoms with Crippen LogP contribution in [0.5, 0.6) is 0 Å². The summed E-state index contributed by atoms with van der Waals surface area (Å²) in [5, 5.41) is 3.14. The largest absolute Gasteiger partial charge is 0.352 e. The maximum absolute atomic E-state index is 13.1. The SMILES string of the molecule is C[C@@H](C(=O)NC1CCCC1)N(Cc1ccc(Br)cc1)C(=O)CSCc1ccccc1. The fourth-order valence-electron chi connectivity index (χ4n) is 3.67. The Hall–Kier alpha value is -1.79. The number of amides is 2. The zero-order valence-electron chi connectivity index (χ0n) is 17.4. The second-order valence-corrected chi connectivity index (χ2v) is 9.69. The van der Waals surface area contributed by atoms with Crippen molar-refractivity contribution >= 4 is 39.5 Å². The number of hydrogen-bond acceptors (Lipinski definition) is 3. The summed E-state index contributed by atoms with van der Waals surface area (Å²) in [5.74, 6) is 1.07. The van der Waals surface area contributed by atoms with Crippen molar-refractivity contribution < 1.29 is 9.59 Å². The van der Waals surface area contributed by atoms with Crippen molar-refractivity contribution in [1.29, 1.82) is 0 Å². The average Bonchev–Trinajstić information content (AvgIpc) is 3.26. The molecule has 1 atom stereocenters. The molecule has 2 aromatic rings. The van der Waals surface area contributed by atoms with Gasteiger partial charge in [0.25, 0.3) is 0 Å². The summed E-state index contributed by atoms with van der Waals surface area (Å²) in [7, 11) is 0. The lowest BCUT2D eigenvalue weighted by molar-refractivity contribution is -0.138. The Kier molecular flexibility index (Phi) is 8.82. The van der Waals surface area contributed by atoms with Gasteiger partial charge in [0.05, 0.1) is 5.75 Å². The predicted octanol–water partition coefficient (Wildman–Crippen LogP) is 5.16. The number of carbonyl (C=O) groups excluding carboxylic acids is 2. The predicted molar refractivity (Wildman–Crippen MR) is 127 cm³/mol. The summed E-state index contributed by atoms with van der Waals surface area (Å²) in [5.41, 5.74) is 2.21. The van der Waals surface area contributed by atoms with E-state index in [0.29, 0.717) is 12.3 Å². The molecule has 0 aliphatic heterocycles. The van der Waals surface area contributed by atoms with Crippen LogP contribution in [0, 0.1) is 0 Å². The molecule has 0 spiro atoms. The fraction of sp³-hybridized carbons (Fsp3) is 0.417. The fourth-order valence-corrected chi connectivity index (χ4v) is 4.81. The molecule has 0 bridgehead atoms. The maximum atomic E-state index is 13.1. The summed E-state index contributed by atoms with van der Waals surface area (Å²) in [4.78, 5) is 27.7. The third-order valence-electron chi connectivity index (χ3n) is 5.47. The zero-order chi connectivity index (χ0) is 21.3. The Morgan fingerprint density at radius 3 is 2.40 bits per heavy atom. The molecule has 2 aromatic carbocycles. The van der Waals surface area contributed by atoms with Crippen LogP contribution in [0.15, 0.2) is 59.1 Å². The molecule has 1 saturated carbocycles. The van der Waals surface area contributed by atoms with Gasteiger partial charge in [0.2, 0.25) is 11.8 Å². The van der Waals surface area contributed by atoms with Gasteiger partial charge in [-0.2, -0.15) is 0 Å². The van der Waals surface area contributed by atoms with Gasteiger partial charge in [0.15, 0.2) is 0 Å². The minimum absolute atomic E-state index is 0.00655. The van der Waals surface area contributed by atoms with E-state index in [-0.39, 0.29) is 17.9 Å². The summed E-state index contributed by atoms with van der Waals surface area (Å²) >= 11 is 5.04. The average molecular weight is 489 g/mol. The van der Waals surface area contributed by atoms with Gasteiger partial charge in [-0.1, -0.05) is 71.2 Å². The van der Waals surface area contributed by atoms with E-state index in [0.717, 1.165) is 41.5 Å². The van der Waals surface area contributed by atoms with E-state index in [1.54, 1.807) is 16.7 Å². The second-order valence-electron chi connectivity index (χ2n) is 7.79. The lowest BCUT2D eigenvalue weighted by Gasteiger charge is -2.29. The first-order valence-electron chi connectivity index (χ1n) is 10.5. The maximum Gasteiger partial charge on any atom is 0.242 e. The van der Waals surface area contributed by atoms with Crippen LogP contribution >= 0.6 is 27.7 Å². The van der Waals surface area contributed by atoms with E-state index >= 15 is 0 Å². The molecule has 6 heteroatoms. The highest BCUT2D eigenvalue weighted by Gasteiger charge is 2.28. The highest BCUT2D eigenvalue weighted by molar-refractivity contribution is 9.10. The monoisotopic (exact) mass is 488 g/mol. The van der Waals surface area contributed by atoms with E-state index in [1.165, 1.54) is 5.56 Å². The Morgan fingerprint density at radius 1 is 1.07 bits per heavy atom. The molecule has 1 fully saturated rings. The number of thioether (sulfide) groups is 1. The van der Waals surface area contributed by atoms with Crippen LogP contribution in [0.3, 0.4) is 0 Å². The quantitative estimate of drug-likeness (QED) is 0.530. The summed E-state index contributed by atoms with van der Waals surface area (Å²) < 4.78 is 0.995. The van der Waals surface area contributed by atoms with Crippen LogP contribution in [0.25, 0.3) is 0 Å². The summed E-state index contributed by atoms with van der Waals surface area (Å²) in [6, 6.07) is 17.8. The highest BCUT2D eigenvalue weighted by atomic mass is 79.9. The molecule has 30 heavy (non-hydrogen) atoms. The summed E-state index contributed by atoms with van der Waals surface area (Å²) in [6.07, 6.45) is 4.39. The minimum atomic E-state index is -0.501. The third-order valence-corrected chi connectivity index (χ3v) is 6.99. The standard InChI is InChI=1S/C24H29BrN2O2S/c1-18(24(29)26-22-9-5-6-10-22)27(15-19-11-13-21(25)14-12-19)23(28)17-30-16-20-7-3-2-4-8-20/h2-4,7-8,11-14,18,22H,5-6,9-10,15-17H2,1H3,(H,26,29)/t18-/m0/s1. The molecular formula is C24H29BrN2O2S. The Labute approximate surface area is 191 Å². The van der Waals surface area contributed by atoms with Crippen LogP contribution < -0.4 is 5.32 Å². The normalized spacial score (nSPS) is 15.0. The molecule has 1 N–H and O–H groups in total. The van der Waals surface area contributed by atoms with E-state index in [4.69, 9.17) is 0 Å². The van der Waals surface area contributed by atoms with Crippen LogP contribution in [-0.4, -0.2) is 34.6 Å². The van der Waals surface area contributed by atoms with Gasteiger partial charge >= 0.3 is 0 Å². The molecule has 3 rings (SSSR count). The molecule has 4 nitrogen and oxygen atoms in total. The molecule has 0 unspecified atom stereocenters. The molecule has 160 valence electrons. The molecule has 1 aliphatic carbocycles. The van der Waals surface area contributed by atoms with Crippen molar-refractivity contribution in [2.24, 2.45) is 0 Å². The van der Waals surface area contributed by atoms with Crippen molar-refractivity contribution in [1.82, 2.24) is 10.2 Å². The number of benzene rings is 2. The zero-order valence-corrected chi connectivity index (χ0v) is 19.8. The molecular weight excluding hydrogens is 460 g/mol. The van der Waals surface area contributed by atoms with Gasteiger partial charge in [-0.25, -0.2) is 0 Å². The van der Waals surface area contributed by atoms with E-state index in [9.17, 15) is 9.59 Å². The summed E-state index contributed by atoms with van der Waals surface area (Å²) in [6.45, 7) is 2.26. The van der Waals surface area contributed by atoms with Crippen LogP contribution in [0.4, 0.5) is 0 Å². The highest BCUT2D eigenvalue weighted by Crippen LogP contribution is 2.20. The van der Waals surface area contributed by atoms with Gasteiger partial charge in [-0.3, -0.25) is 9.59 Å². The van der Waals surface area contributed by atoms with Crippen molar-refractivity contribution in [3.8, 4) is 0 Å². The number of hydrogen-bond donors (Lipinski definition) is 1.